The quantitative estimate of drug-likeness (QED) is 0.679. The second kappa shape index (κ2) is 6.38. The van der Waals surface area contributed by atoms with E-state index in [9.17, 15) is 0 Å². The number of hydrogen-bond acceptors (Lipinski definition) is 3. The van der Waals surface area contributed by atoms with Gasteiger partial charge in [0.15, 0.2) is 0 Å². The van der Waals surface area contributed by atoms with E-state index in [1.807, 2.05) is 6.92 Å². The van der Waals surface area contributed by atoms with Crippen molar-refractivity contribution in [1.82, 2.24) is 4.90 Å². The van der Waals surface area contributed by atoms with E-state index < -0.39 is 0 Å². The Labute approximate surface area is 88.6 Å². The van der Waals surface area contributed by atoms with Gasteiger partial charge in [0.1, 0.15) is 0 Å². The molecule has 0 aliphatic heterocycles. The molecular weight excluding hydrogens is 176 g/mol. The lowest BCUT2D eigenvalue weighted by molar-refractivity contribution is 0.0486. The van der Waals surface area contributed by atoms with E-state index in [1.54, 1.807) is 0 Å². The second-order valence-electron chi connectivity index (χ2n) is 4.09. The van der Waals surface area contributed by atoms with Gasteiger partial charge in [-0.25, -0.2) is 0 Å². The Kier molecular flexibility index (Phi) is 6.33. The summed E-state index contributed by atoms with van der Waals surface area (Å²) in [6.45, 7) is 14.1. The molecule has 0 saturated heterocycles. The van der Waals surface area contributed by atoms with Crippen molar-refractivity contribution in [2.45, 2.75) is 46.2 Å². The van der Waals surface area contributed by atoms with Gasteiger partial charge >= 0.3 is 0 Å². The summed E-state index contributed by atoms with van der Waals surface area (Å²) < 4.78 is 5.37. The fraction of sp³-hybridized carbons (Fsp3) is 1.00. The summed E-state index contributed by atoms with van der Waals surface area (Å²) in [4.78, 5) is 2.37. The van der Waals surface area contributed by atoms with Gasteiger partial charge in [0.2, 0.25) is 0 Å². The van der Waals surface area contributed by atoms with Gasteiger partial charge in [-0.3, -0.25) is 4.90 Å². The Bertz CT molecular complexity index is 144. The topological polar surface area (TPSA) is 38.5 Å². The first-order valence-electron chi connectivity index (χ1n) is 5.58. The van der Waals surface area contributed by atoms with Crippen LogP contribution in [0.5, 0.6) is 0 Å². The van der Waals surface area contributed by atoms with Crippen LogP contribution in [0.2, 0.25) is 0 Å². The molecule has 0 aromatic rings. The van der Waals surface area contributed by atoms with Crippen LogP contribution in [-0.4, -0.2) is 42.8 Å². The first-order chi connectivity index (χ1) is 6.50. The van der Waals surface area contributed by atoms with Gasteiger partial charge in [-0.1, -0.05) is 13.8 Å². The number of nitrogens with zero attached hydrogens (tertiary/aromatic N) is 1. The van der Waals surface area contributed by atoms with E-state index >= 15 is 0 Å². The van der Waals surface area contributed by atoms with Crippen molar-refractivity contribution in [1.29, 1.82) is 0 Å². The van der Waals surface area contributed by atoms with Crippen LogP contribution >= 0.6 is 0 Å². The molecule has 86 valence electrons. The molecule has 0 aromatic carbocycles. The first-order valence-corrected chi connectivity index (χ1v) is 5.58. The van der Waals surface area contributed by atoms with E-state index in [1.165, 1.54) is 0 Å². The van der Waals surface area contributed by atoms with E-state index in [4.69, 9.17) is 10.5 Å². The summed E-state index contributed by atoms with van der Waals surface area (Å²) in [5.74, 6) is 0. The molecule has 0 aliphatic rings. The first kappa shape index (κ1) is 13.9. The maximum atomic E-state index is 6.12. The fourth-order valence-corrected chi connectivity index (χ4v) is 1.72. The van der Waals surface area contributed by atoms with E-state index in [2.05, 4.69) is 32.6 Å². The van der Waals surface area contributed by atoms with Crippen molar-refractivity contribution in [3.05, 3.63) is 0 Å². The molecule has 0 saturated carbocycles. The lowest BCUT2D eigenvalue weighted by atomic mass is 9.93. The van der Waals surface area contributed by atoms with Gasteiger partial charge < -0.3 is 10.5 Å². The number of nitrogens with two attached hydrogens (primary N) is 1. The van der Waals surface area contributed by atoms with Gasteiger partial charge in [-0.2, -0.15) is 0 Å². The zero-order valence-corrected chi connectivity index (χ0v) is 10.3. The molecule has 0 spiro atoms. The number of likely N-dealkylation sites (N-methyl/N-ethyl adjacent to an activating group) is 1. The molecular formula is C11H26N2O. The second-order valence-corrected chi connectivity index (χ2v) is 4.09. The van der Waals surface area contributed by atoms with Crippen molar-refractivity contribution in [3.63, 3.8) is 0 Å². The third-order valence-corrected chi connectivity index (χ3v) is 2.99. The molecule has 0 amide bonds. The van der Waals surface area contributed by atoms with Crippen LogP contribution in [0.15, 0.2) is 0 Å². The molecule has 2 N–H and O–H groups in total. The summed E-state index contributed by atoms with van der Waals surface area (Å²) in [6, 6.07) is 0.0716. The maximum Gasteiger partial charge on any atom is 0.0635 e. The van der Waals surface area contributed by atoms with Crippen LogP contribution in [0, 0.1) is 0 Å². The van der Waals surface area contributed by atoms with Crippen molar-refractivity contribution >= 4 is 0 Å². The van der Waals surface area contributed by atoms with Crippen LogP contribution in [0.1, 0.15) is 34.6 Å². The summed E-state index contributed by atoms with van der Waals surface area (Å²) in [5, 5.41) is 0. The Balaban J connectivity index is 4.25. The highest BCUT2D eigenvalue weighted by Crippen LogP contribution is 2.17. The van der Waals surface area contributed by atoms with Crippen molar-refractivity contribution in [2.24, 2.45) is 5.73 Å². The molecule has 0 aromatic heterocycles. The average molecular weight is 202 g/mol. The summed E-state index contributed by atoms with van der Waals surface area (Å²) in [5.41, 5.74) is 6.14. The molecule has 0 heterocycles. The summed E-state index contributed by atoms with van der Waals surface area (Å²) in [6.07, 6.45) is 0. The van der Waals surface area contributed by atoms with Gasteiger partial charge in [-0.05, 0) is 33.9 Å². The Morgan fingerprint density at radius 2 is 1.71 bits per heavy atom. The number of rotatable bonds is 7. The summed E-state index contributed by atoms with van der Waals surface area (Å²) >= 11 is 0. The smallest absolute Gasteiger partial charge is 0.0635 e. The van der Waals surface area contributed by atoms with Crippen LogP contribution in [-0.2, 0) is 4.74 Å². The Morgan fingerprint density at radius 3 is 2.07 bits per heavy atom. The Hall–Kier alpha value is -0.120. The van der Waals surface area contributed by atoms with Gasteiger partial charge in [0.05, 0.1) is 6.61 Å². The largest absolute Gasteiger partial charge is 0.380 e. The average Bonchev–Trinajstić information content (AvgIpc) is 2.15. The van der Waals surface area contributed by atoms with Crippen LogP contribution in [0.3, 0.4) is 0 Å². The van der Waals surface area contributed by atoms with E-state index in [-0.39, 0.29) is 11.6 Å². The van der Waals surface area contributed by atoms with Gasteiger partial charge in [0.25, 0.3) is 0 Å². The molecule has 3 nitrogen and oxygen atoms in total. The molecule has 0 rings (SSSR count). The lowest BCUT2D eigenvalue weighted by Gasteiger charge is -2.41. The van der Waals surface area contributed by atoms with E-state index in [0.717, 1.165) is 19.7 Å². The minimum atomic E-state index is 0.0126. The molecule has 0 fully saturated rings. The zero-order valence-electron chi connectivity index (χ0n) is 10.3. The van der Waals surface area contributed by atoms with Crippen LogP contribution in [0.25, 0.3) is 0 Å². The zero-order chi connectivity index (χ0) is 11.2. The molecule has 0 aliphatic carbocycles. The normalized spacial score (nSPS) is 14.8. The SMILES string of the molecule is CCOCC(N)C(C)(C)N(CC)CC. The molecule has 1 atom stereocenters. The predicted molar refractivity (Wildman–Crippen MR) is 61.5 cm³/mol. The standard InChI is InChI=1S/C11H26N2O/c1-6-13(7-2)11(4,5)10(12)9-14-8-3/h10H,6-9,12H2,1-5H3. The minimum Gasteiger partial charge on any atom is -0.380 e. The molecule has 0 bridgehead atoms. The maximum absolute atomic E-state index is 6.12. The third kappa shape index (κ3) is 3.56. The number of hydrogen-bond donors (Lipinski definition) is 1. The summed E-state index contributed by atoms with van der Waals surface area (Å²) in [7, 11) is 0. The third-order valence-electron chi connectivity index (χ3n) is 2.99. The van der Waals surface area contributed by atoms with Crippen LogP contribution < -0.4 is 5.73 Å². The minimum absolute atomic E-state index is 0.0126. The predicted octanol–water partition coefficient (Wildman–Crippen LogP) is 1.47. The monoisotopic (exact) mass is 202 g/mol. The van der Waals surface area contributed by atoms with Crippen molar-refractivity contribution in [2.75, 3.05) is 26.3 Å². The van der Waals surface area contributed by atoms with Crippen molar-refractivity contribution in [3.8, 4) is 0 Å². The van der Waals surface area contributed by atoms with Gasteiger partial charge in [0, 0.05) is 18.2 Å². The number of ether oxygens (including phenoxy) is 1. The van der Waals surface area contributed by atoms with Crippen molar-refractivity contribution < 1.29 is 4.74 Å². The highest BCUT2D eigenvalue weighted by Gasteiger charge is 2.31. The highest BCUT2D eigenvalue weighted by atomic mass is 16.5. The molecule has 1 unspecified atom stereocenters. The van der Waals surface area contributed by atoms with Gasteiger partial charge in [-0.15, -0.1) is 0 Å². The molecule has 3 heteroatoms. The fourth-order valence-electron chi connectivity index (χ4n) is 1.72. The van der Waals surface area contributed by atoms with Crippen LogP contribution in [0.4, 0.5) is 0 Å². The Morgan fingerprint density at radius 1 is 1.21 bits per heavy atom. The lowest BCUT2D eigenvalue weighted by Crippen LogP contribution is -2.57. The van der Waals surface area contributed by atoms with E-state index in [0.29, 0.717) is 6.61 Å². The molecule has 0 radical (unpaired) electrons. The highest BCUT2D eigenvalue weighted by molar-refractivity contribution is 4.90. The molecule has 14 heavy (non-hydrogen) atoms.